The Labute approximate surface area is 128 Å². The molecule has 0 bridgehead atoms. The largest absolute Gasteiger partial charge is 0.344 e. The normalized spacial score (nSPS) is 21.1. The molecule has 7 heteroatoms. The molecule has 6 nitrogen and oxygen atoms in total. The van der Waals surface area contributed by atoms with Crippen LogP contribution in [0.3, 0.4) is 0 Å². The SMILES string of the molecule is C[C@@H](Sc1n[nH]c(=O)n1C1CC1)C(=O)N1CCCCCC1. The summed E-state index contributed by atoms with van der Waals surface area (Å²) in [7, 11) is 0. The van der Waals surface area contributed by atoms with E-state index in [1.54, 1.807) is 4.57 Å². The highest BCUT2D eigenvalue weighted by Gasteiger charge is 2.31. The summed E-state index contributed by atoms with van der Waals surface area (Å²) in [6, 6.07) is 0.277. The highest BCUT2D eigenvalue weighted by atomic mass is 32.2. The van der Waals surface area contributed by atoms with Gasteiger partial charge < -0.3 is 4.90 Å². The van der Waals surface area contributed by atoms with Crippen molar-refractivity contribution < 1.29 is 4.79 Å². The average molecular weight is 310 g/mol. The lowest BCUT2D eigenvalue weighted by molar-refractivity contribution is -0.130. The van der Waals surface area contributed by atoms with Gasteiger partial charge in [0.15, 0.2) is 5.16 Å². The molecule has 0 spiro atoms. The third-order valence-corrected chi connectivity index (χ3v) is 5.19. The quantitative estimate of drug-likeness (QED) is 0.861. The van der Waals surface area contributed by atoms with Crippen LogP contribution in [0.4, 0.5) is 0 Å². The smallest absolute Gasteiger partial charge is 0.342 e. The van der Waals surface area contributed by atoms with Crippen LogP contribution in [-0.2, 0) is 4.79 Å². The first-order valence-electron chi connectivity index (χ1n) is 7.79. The number of nitrogens with zero attached hydrogens (tertiary/aromatic N) is 3. The number of carbonyl (C=O) groups excluding carboxylic acids is 1. The van der Waals surface area contributed by atoms with Gasteiger partial charge in [0, 0.05) is 19.1 Å². The zero-order chi connectivity index (χ0) is 14.8. The second-order valence-corrected chi connectivity index (χ2v) is 7.22. The lowest BCUT2D eigenvalue weighted by Crippen LogP contribution is -2.37. The van der Waals surface area contributed by atoms with Crippen molar-refractivity contribution in [1.29, 1.82) is 0 Å². The summed E-state index contributed by atoms with van der Waals surface area (Å²) in [5, 5.41) is 7.04. The highest BCUT2D eigenvalue weighted by molar-refractivity contribution is 8.00. The summed E-state index contributed by atoms with van der Waals surface area (Å²) in [4.78, 5) is 26.3. The Balaban J connectivity index is 1.66. The van der Waals surface area contributed by atoms with E-state index in [4.69, 9.17) is 0 Å². The number of likely N-dealkylation sites (tertiary alicyclic amines) is 1. The zero-order valence-electron chi connectivity index (χ0n) is 12.4. The predicted octanol–water partition coefficient (Wildman–Crippen LogP) is 1.79. The van der Waals surface area contributed by atoms with Crippen LogP contribution in [0.1, 0.15) is 51.5 Å². The van der Waals surface area contributed by atoms with E-state index in [-0.39, 0.29) is 22.9 Å². The van der Waals surface area contributed by atoms with E-state index in [0.717, 1.165) is 38.8 Å². The van der Waals surface area contributed by atoms with Crippen molar-refractivity contribution in [2.45, 2.75) is 61.9 Å². The molecule has 116 valence electrons. The molecule has 1 N–H and O–H groups in total. The van der Waals surface area contributed by atoms with Crippen molar-refractivity contribution in [2.75, 3.05) is 13.1 Å². The number of hydrogen-bond acceptors (Lipinski definition) is 4. The standard InChI is InChI=1S/C14H22N4O2S/c1-10(12(19)17-8-4-2-3-5-9-17)21-14-16-15-13(20)18(14)11-6-7-11/h10-11H,2-9H2,1H3,(H,15,20)/t10-/m1/s1. The molecule has 2 aliphatic rings. The Kier molecular flexibility index (Phi) is 4.37. The third kappa shape index (κ3) is 3.33. The monoisotopic (exact) mass is 310 g/mol. The summed E-state index contributed by atoms with van der Waals surface area (Å²) in [6.07, 6.45) is 6.68. The second kappa shape index (κ2) is 6.25. The number of nitrogens with one attached hydrogen (secondary N) is 1. The molecule has 21 heavy (non-hydrogen) atoms. The Morgan fingerprint density at radius 1 is 1.29 bits per heavy atom. The van der Waals surface area contributed by atoms with E-state index in [9.17, 15) is 9.59 Å². The van der Waals surface area contributed by atoms with E-state index >= 15 is 0 Å². The van der Waals surface area contributed by atoms with Crippen LogP contribution in [0.15, 0.2) is 9.95 Å². The molecule has 1 aromatic rings. The molecule has 1 aromatic heterocycles. The first kappa shape index (κ1) is 14.7. The Morgan fingerprint density at radius 2 is 1.95 bits per heavy atom. The fraction of sp³-hybridized carbons (Fsp3) is 0.786. The Morgan fingerprint density at radius 3 is 2.57 bits per heavy atom. The Hall–Kier alpha value is -1.24. The molecule has 1 aliphatic heterocycles. The maximum atomic E-state index is 12.5. The van der Waals surface area contributed by atoms with Crippen LogP contribution in [0.5, 0.6) is 0 Å². The first-order valence-corrected chi connectivity index (χ1v) is 8.67. The molecule has 1 aliphatic carbocycles. The van der Waals surface area contributed by atoms with Crippen molar-refractivity contribution in [3.63, 3.8) is 0 Å². The van der Waals surface area contributed by atoms with Gasteiger partial charge in [0.2, 0.25) is 5.91 Å². The summed E-state index contributed by atoms with van der Waals surface area (Å²) < 4.78 is 1.71. The number of amides is 1. The van der Waals surface area contributed by atoms with Crippen LogP contribution >= 0.6 is 11.8 Å². The van der Waals surface area contributed by atoms with Crippen LogP contribution in [0.2, 0.25) is 0 Å². The van der Waals surface area contributed by atoms with Crippen molar-refractivity contribution in [1.82, 2.24) is 19.7 Å². The number of aromatic amines is 1. The minimum Gasteiger partial charge on any atom is -0.342 e. The van der Waals surface area contributed by atoms with Crippen LogP contribution in [-0.4, -0.2) is 43.9 Å². The van der Waals surface area contributed by atoms with Crippen LogP contribution in [0.25, 0.3) is 0 Å². The van der Waals surface area contributed by atoms with Gasteiger partial charge in [0.05, 0.1) is 5.25 Å². The molecule has 2 heterocycles. The zero-order valence-corrected chi connectivity index (χ0v) is 13.2. The van der Waals surface area contributed by atoms with Crippen LogP contribution < -0.4 is 5.69 Å². The van der Waals surface area contributed by atoms with Crippen LogP contribution in [0, 0.1) is 0 Å². The average Bonchev–Trinajstić information content (AvgIpc) is 3.27. The maximum absolute atomic E-state index is 12.5. The lowest BCUT2D eigenvalue weighted by Gasteiger charge is -2.23. The highest BCUT2D eigenvalue weighted by Crippen LogP contribution is 2.37. The molecule has 1 saturated heterocycles. The molecular formula is C14H22N4O2S. The van der Waals surface area contributed by atoms with E-state index in [1.165, 1.54) is 24.6 Å². The summed E-state index contributed by atoms with van der Waals surface area (Å²) in [5.41, 5.74) is -0.158. The topological polar surface area (TPSA) is 71.0 Å². The molecule has 0 aromatic carbocycles. The van der Waals surface area contributed by atoms with Gasteiger partial charge in [-0.05, 0) is 32.6 Å². The van der Waals surface area contributed by atoms with Gasteiger partial charge in [0.1, 0.15) is 0 Å². The summed E-state index contributed by atoms with van der Waals surface area (Å²) in [5.74, 6) is 0.166. The lowest BCUT2D eigenvalue weighted by atomic mass is 10.2. The van der Waals surface area contributed by atoms with Crippen molar-refractivity contribution in [2.24, 2.45) is 0 Å². The molecule has 1 amide bonds. The molecular weight excluding hydrogens is 288 g/mol. The molecule has 1 saturated carbocycles. The number of hydrogen-bond donors (Lipinski definition) is 1. The van der Waals surface area contributed by atoms with E-state index in [0.29, 0.717) is 5.16 Å². The number of rotatable bonds is 4. The fourth-order valence-electron chi connectivity index (χ4n) is 2.78. The summed E-state index contributed by atoms with van der Waals surface area (Å²) in [6.45, 7) is 3.63. The number of aromatic nitrogens is 3. The van der Waals surface area contributed by atoms with E-state index in [2.05, 4.69) is 10.2 Å². The van der Waals surface area contributed by atoms with Gasteiger partial charge in [-0.3, -0.25) is 9.36 Å². The molecule has 0 radical (unpaired) electrons. The van der Waals surface area contributed by atoms with E-state index in [1.807, 2.05) is 11.8 Å². The predicted molar refractivity (Wildman–Crippen MR) is 81.5 cm³/mol. The van der Waals surface area contributed by atoms with Gasteiger partial charge in [-0.1, -0.05) is 24.6 Å². The van der Waals surface area contributed by atoms with Gasteiger partial charge in [-0.2, -0.15) is 0 Å². The number of carbonyl (C=O) groups is 1. The van der Waals surface area contributed by atoms with Gasteiger partial charge in [-0.15, -0.1) is 5.10 Å². The summed E-state index contributed by atoms with van der Waals surface area (Å²) >= 11 is 1.40. The minimum atomic E-state index is -0.198. The molecule has 0 unspecified atom stereocenters. The van der Waals surface area contributed by atoms with Gasteiger partial charge in [-0.25, -0.2) is 9.89 Å². The maximum Gasteiger partial charge on any atom is 0.344 e. The van der Waals surface area contributed by atoms with Crippen molar-refractivity contribution in [3.8, 4) is 0 Å². The van der Waals surface area contributed by atoms with Gasteiger partial charge >= 0.3 is 5.69 Å². The minimum absolute atomic E-state index is 0.158. The number of H-pyrrole nitrogens is 1. The first-order chi connectivity index (χ1) is 10.2. The number of thioether (sulfide) groups is 1. The third-order valence-electron chi connectivity index (χ3n) is 4.13. The van der Waals surface area contributed by atoms with Crippen molar-refractivity contribution >= 4 is 17.7 Å². The molecule has 3 rings (SSSR count). The fourth-order valence-corrected chi connectivity index (χ4v) is 3.79. The van der Waals surface area contributed by atoms with E-state index < -0.39 is 0 Å². The second-order valence-electron chi connectivity index (χ2n) is 5.91. The Bertz CT molecular complexity index is 556. The van der Waals surface area contributed by atoms with Gasteiger partial charge in [0.25, 0.3) is 0 Å². The molecule has 1 atom stereocenters. The van der Waals surface area contributed by atoms with Crippen molar-refractivity contribution in [3.05, 3.63) is 10.5 Å². The molecule has 2 fully saturated rings.